The van der Waals surface area contributed by atoms with Gasteiger partial charge in [-0.15, -0.1) is 0 Å². The van der Waals surface area contributed by atoms with Gasteiger partial charge >= 0.3 is 0 Å². The molecule has 0 heterocycles. The highest BCUT2D eigenvalue weighted by molar-refractivity contribution is 6.01. The predicted octanol–water partition coefficient (Wildman–Crippen LogP) is 5.04. The van der Waals surface area contributed by atoms with E-state index in [1.54, 1.807) is 0 Å². The molecule has 2 nitrogen and oxygen atoms in total. The maximum Gasteiger partial charge on any atom is 0.0671 e. The van der Waals surface area contributed by atoms with Crippen molar-refractivity contribution in [2.24, 2.45) is 10.2 Å². The van der Waals surface area contributed by atoms with Gasteiger partial charge in [0.1, 0.15) is 0 Å². The van der Waals surface area contributed by atoms with E-state index in [0.29, 0.717) is 0 Å². The Morgan fingerprint density at radius 3 is 1.23 bits per heavy atom. The van der Waals surface area contributed by atoms with E-state index in [1.807, 2.05) is 13.8 Å². The molecule has 0 aliphatic heterocycles. The van der Waals surface area contributed by atoms with Crippen molar-refractivity contribution < 1.29 is 0 Å². The van der Waals surface area contributed by atoms with Crippen LogP contribution >= 0.6 is 0 Å². The minimum atomic E-state index is 0.937. The molecule has 2 aromatic rings. The second-order valence-electron chi connectivity index (χ2n) is 5.47. The zero-order valence-electron chi connectivity index (χ0n) is 13.9. The summed E-state index contributed by atoms with van der Waals surface area (Å²) >= 11 is 0. The Hall–Kier alpha value is -2.22. The minimum absolute atomic E-state index is 0.937. The largest absolute Gasteiger partial charge is 0.155 e. The van der Waals surface area contributed by atoms with Crippen LogP contribution in [0, 0.1) is 0 Å². The molecule has 114 valence electrons. The number of benzene rings is 2. The van der Waals surface area contributed by atoms with E-state index in [2.05, 4.69) is 72.6 Å². The van der Waals surface area contributed by atoms with Gasteiger partial charge in [-0.3, -0.25) is 0 Å². The van der Waals surface area contributed by atoms with Gasteiger partial charge in [0.05, 0.1) is 11.4 Å². The lowest BCUT2D eigenvalue weighted by atomic mass is 10.1. The number of hydrogen-bond donors (Lipinski definition) is 0. The van der Waals surface area contributed by atoms with Gasteiger partial charge in [0.15, 0.2) is 0 Å². The Morgan fingerprint density at radius 2 is 0.955 bits per heavy atom. The molecule has 0 N–H and O–H groups in total. The summed E-state index contributed by atoms with van der Waals surface area (Å²) in [6, 6.07) is 17.0. The quantitative estimate of drug-likeness (QED) is 0.544. The number of nitrogens with zero attached hydrogens (tertiary/aromatic N) is 2. The summed E-state index contributed by atoms with van der Waals surface area (Å²) in [5.41, 5.74) is 6.80. The van der Waals surface area contributed by atoms with Crippen molar-refractivity contribution in [3.05, 3.63) is 70.8 Å². The Morgan fingerprint density at radius 1 is 0.636 bits per heavy atom. The molecule has 0 fully saturated rings. The molecule has 0 bridgehead atoms. The van der Waals surface area contributed by atoms with E-state index in [4.69, 9.17) is 0 Å². The van der Waals surface area contributed by atoms with Crippen molar-refractivity contribution in [1.82, 2.24) is 0 Å². The van der Waals surface area contributed by atoms with E-state index in [9.17, 15) is 0 Å². The molecule has 0 aliphatic rings. The van der Waals surface area contributed by atoms with Crippen LogP contribution in [-0.2, 0) is 12.8 Å². The van der Waals surface area contributed by atoms with Crippen molar-refractivity contribution in [1.29, 1.82) is 0 Å². The summed E-state index contributed by atoms with van der Waals surface area (Å²) in [5.74, 6) is 0. The van der Waals surface area contributed by atoms with Crippen LogP contribution in [0.4, 0.5) is 0 Å². The summed E-state index contributed by atoms with van der Waals surface area (Å²) in [6.45, 7) is 8.32. The monoisotopic (exact) mass is 292 g/mol. The maximum absolute atomic E-state index is 4.37. The smallest absolute Gasteiger partial charge is 0.0671 e. The van der Waals surface area contributed by atoms with Gasteiger partial charge in [-0.05, 0) is 48.9 Å². The first kappa shape index (κ1) is 16.2. The number of aryl methyl sites for hydroxylation is 2. The van der Waals surface area contributed by atoms with E-state index in [1.165, 1.54) is 11.1 Å². The lowest BCUT2D eigenvalue weighted by Gasteiger charge is -2.03. The van der Waals surface area contributed by atoms with Crippen LogP contribution in [0.1, 0.15) is 49.9 Å². The van der Waals surface area contributed by atoms with Crippen LogP contribution in [-0.4, -0.2) is 11.4 Å². The molecule has 0 saturated heterocycles. The van der Waals surface area contributed by atoms with Crippen LogP contribution in [0.25, 0.3) is 0 Å². The Labute approximate surface area is 133 Å². The number of rotatable bonds is 5. The molecule has 0 aromatic heterocycles. The molecule has 2 aromatic carbocycles. The SMILES string of the molecule is CCc1ccc(/C(C)=N\N=C(/C)c2ccc(CC)cc2)cc1. The van der Waals surface area contributed by atoms with Crippen LogP contribution in [0.2, 0.25) is 0 Å². The molecule has 0 amide bonds. The molecule has 2 heteroatoms. The minimum Gasteiger partial charge on any atom is -0.155 e. The molecular weight excluding hydrogens is 268 g/mol. The predicted molar refractivity (Wildman–Crippen MR) is 96.1 cm³/mol. The Bertz CT molecular complexity index is 600. The highest BCUT2D eigenvalue weighted by atomic mass is 15.2. The van der Waals surface area contributed by atoms with Crippen molar-refractivity contribution >= 4 is 11.4 Å². The topological polar surface area (TPSA) is 24.7 Å². The molecule has 0 spiro atoms. The van der Waals surface area contributed by atoms with E-state index in [-0.39, 0.29) is 0 Å². The highest BCUT2D eigenvalue weighted by Crippen LogP contribution is 2.09. The summed E-state index contributed by atoms with van der Waals surface area (Å²) < 4.78 is 0. The van der Waals surface area contributed by atoms with Crippen LogP contribution < -0.4 is 0 Å². The number of hydrogen-bond acceptors (Lipinski definition) is 2. The Kier molecular flexibility index (Phi) is 5.65. The Balaban J connectivity index is 2.15. The molecule has 0 aliphatic carbocycles. The third kappa shape index (κ3) is 4.14. The summed E-state index contributed by atoms with van der Waals surface area (Å²) in [4.78, 5) is 0. The molecular formula is C20H24N2. The first-order valence-electron chi connectivity index (χ1n) is 7.91. The van der Waals surface area contributed by atoms with Crippen molar-refractivity contribution in [2.45, 2.75) is 40.5 Å². The lowest BCUT2D eigenvalue weighted by Crippen LogP contribution is -1.97. The fourth-order valence-electron chi connectivity index (χ4n) is 2.23. The van der Waals surface area contributed by atoms with Crippen LogP contribution in [0.5, 0.6) is 0 Å². The van der Waals surface area contributed by atoms with Crippen molar-refractivity contribution in [3.63, 3.8) is 0 Å². The maximum atomic E-state index is 4.37. The van der Waals surface area contributed by atoms with Crippen LogP contribution in [0.15, 0.2) is 58.7 Å². The average molecular weight is 292 g/mol. The van der Waals surface area contributed by atoms with E-state index in [0.717, 1.165) is 35.4 Å². The molecule has 0 radical (unpaired) electrons. The van der Waals surface area contributed by atoms with Gasteiger partial charge in [0.2, 0.25) is 0 Å². The van der Waals surface area contributed by atoms with Gasteiger partial charge in [-0.25, -0.2) is 0 Å². The fraction of sp³-hybridized carbons (Fsp3) is 0.300. The fourth-order valence-corrected chi connectivity index (χ4v) is 2.23. The van der Waals surface area contributed by atoms with Gasteiger partial charge < -0.3 is 0 Å². The third-order valence-electron chi connectivity index (χ3n) is 3.91. The normalized spacial score (nSPS) is 12.5. The van der Waals surface area contributed by atoms with Gasteiger partial charge in [0, 0.05) is 0 Å². The van der Waals surface area contributed by atoms with Gasteiger partial charge in [-0.2, -0.15) is 10.2 Å². The first-order valence-corrected chi connectivity index (χ1v) is 7.91. The average Bonchev–Trinajstić information content (AvgIpc) is 2.59. The standard InChI is InChI=1S/C20H24N2/c1-5-17-7-11-19(12-8-17)15(3)21-22-16(4)20-13-9-18(6-2)10-14-20/h7-14H,5-6H2,1-4H3/b21-15-,22-16+. The zero-order valence-corrected chi connectivity index (χ0v) is 13.9. The van der Waals surface area contributed by atoms with Crippen LogP contribution in [0.3, 0.4) is 0 Å². The highest BCUT2D eigenvalue weighted by Gasteiger charge is 1.99. The summed E-state index contributed by atoms with van der Waals surface area (Å²) in [6.07, 6.45) is 2.11. The van der Waals surface area contributed by atoms with Gasteiger partial charge in [0.25, 0.3) is 0 Å². The molecule has 22 heavy (non-hydrogen) atoms. The summed E-state index contributed by atoms with van der Waals surface area (Å²) in [5, 5.41) is 8.75. The second kappa shape index (κ2) is 7.69. The molecule has 0 atom stereocenters. The zero-order chi connectivity index (χ0) is 15.9. The molecule has 0 unspecified atom stereocenters. The van der Waals surface area contributed by atoms with E-state index >= 15 is 0 Å². The van der Waals surface area contributed by atoms with Crippen molar-refractivity contribution in [3.8, 4) is 0 Å². The second-order valence-corrected chi connectivity index (χ2v) is 5.47. The third-order valence-corrected chi connectivity index (χ3v) is 3.91. The van der Waals surface area contributed by atoms with Crippen molar-refractivity contribution in [2.75, 3.05) is 0 Å². The molecule has 0 saturated carbocycles. The van der Waals surface area contributed by atoms with E-state index < -0.39 is 0 Å². The first-order chi connectivity index (χ1) is 10.6. The molecule has 2 rings (SSSR count). The lowest BCUT2D eigenvalue weighted by molar-refractivity contribution is 1.14. The van der Waals surface area contributed by atoms with Gasteiger partial charge in [-0.1, -0.05) is 62.4 Å². The summed E-state index contributed by atoms with van der Waals surface area (Å²) in [7, 11) is 0.